The Morgan fingerprint density at radius 2 is 1.60 bits per heavy atom. The molecule has 1 aliphatic rings. The van der Waals surface area contributed by atoms with E-state index < -0.39 is 0 Å². The lowest BCUT2D eigenvalue weighted by molar-refractivity contribution is 0.102. The molecule has 1 saturated heterocycles. The number of amides is 1. The molecule has 2 heterocycles. The summed E-state index contributed by atoms with van der Waals surface area (Å²) in [7, 11) is 0. The number of benzene rings is 2. The lowest BCUT2D eigenvalue weighted by atomic mass is 10.1. The highest BCUT2D eigenvalue weighted by Gasteiger charge is 2.18. The van der Waals surface area contributed by atoms with Crippen molar-refractivity contribution < 1.29 is 9.53 Å². The standard InChI is InChI=1S/C24H26N4O2/c1-17-14-18(2)16-20(15-17)27-23(29)19-6-8-21(9-7-19)30-24-22(25-10-11-26-24)28-12-4-3-5-13-28/h6-11,14-16H,3-5,12-13H2,1-2H3,(H,27,29). The first-order valence-electron chi connectivity index (χ1n) is 10.3. The van der Waals surface area contributed by atoms with Crippen LogP contribution in [0.4, 0.5) is 11.5 Å². The van der Waals surface area contributed by atoms with Crippen molar-refractivity contribution in [3.8, 4) is 11.6 Å². The molecule has 6 heteroatoms. The second-order valence-electron chi connectivity index (χ2n) is 7.69. The van der Waals surface area contributed by atoms with E-state index in [4.69, 9.17) is 4.74 Å². The van der Waals surface area contributed by atoms with Gasteiger partial charge in [-0.1, -0.05) is 6.07 Å². The van der Waals surface area contributed by atoms with E-state index in [1.54, 1.807) is 36.7 Å². The zero-order valence-corrected chi connectivity index (χ0v) is 17.4. The molecule has 4 rings (SSSR count). The Labute approximate surface area is 176 Å². The quantitative estimate of drug-likeness (QED) is 0.641. The molecule has 0 saturated carbocycles. The molecule has 1 fully saturated rings. The number of hydrogen-bond donors (Lipinski definition) is 1. The van der Waals surface area contributed by atoms with Crippen molar-refractivity contribution in [2.45, 2.75) is 33.1 Å². The number of carbonyl (C=O) groups excluding carboxylic acids is 1. The summed E-state index contributed by atoms with van der Waals surface area (Å²) >= 11 is 0. The van der Waals surface area contributed by atoms with Gasteiger partial charge in [0.05, 0.1) is 0 Å². The van der Waals surface area contributed by atoms with Crippen molar-refractivity contribution in [1.82, 2.24) is 9.97 Å². The van der Waals surface area contributed by atoms with Gasteiger partial charge in [0.2, 0.25) is 0 Å². The maximum Gasteiger partial charge on any atom is 0.263 e. The van der Waals surface area contributed by atoms with Crippen molar-refractivity contribution in [2.75, 3.05) is 23.3 Å². The summed E-state index contributed by atoms with van der Waals surface area (Å²) in [6.45, 7) is 5.96. The molecule has 1 N–H and O–H groups in total. The van der Waals surface area contributed by atoms with Crippen LogP contribution in [0, 0.1) is 13.8 Å². The number of hydrogen-bond acceptors (Lipinski definition) is 5. The molecule has 0 radical (unpaired) electrons. The Morgan fingerprint density at radius 1 is 0.933 bits per heavy atom. The largest absolute Gasteiger partial charge is 0.436 e. The van der Waals surface area contributed by atoms with E-state index in [9.17, 15) is 4.79 Å². The van der Waals surface area contributed by atoms with Crippen molar-refractivity contribution in [1.29, 1.82) is 0 Å². The van der Waals surface area contributed by atoms with Gasteiger partial charge in [0.25, 0.3) is 11.8 Å². The zero-order chi connectivity index (χ0) is 20.9. The average molecular weight is 402 g/mol. The first kappa shape index (κ1) is 19.9. The number of piperidine rings is 1. The van der Waals surface area contributed by atoms with Gasteiger partial charge < -0.3 is 15.0 Å². The lowest BCUT2D eigenvalue weighted by Crippen LogP contribution is -2.30. The van der Waals surface area contributed by atoms with E-state index in [0.29, 0.717) is 17.2 Å². The van der Waals surface area contributed by atoms with Gasteiger partial charge in [-0.15, -0.1) is 0 Å². The Balaban J connectivity index is 1.46. The average Bonchev–Trinajstić information content (AvgIpc) is 2.74. The molecule has 1 aliphatic heterocycles. The van der Waals surface area contributed by atoms with E-state index in [-0.39, 0.29) is 5.91 Å². The summed E-state index contributed by atoms with van der Waals surface area (Å²) in [6.07, 6.45) is 6.88. The maximum atomic E-state index is 12.6. The number of carbonyl (C=O) groups is 1. The van der Waals surface area contributed by atoms with Crippen molar-refractivity contribution in [2.24, 2.45) is 0 Å². The first-order valence-corrected chi connectivity index (χ1v) is 10.3. The molecule has 30 heavy (non-hydrogen) atoms. The van der Waals surface area contributed by atoms with Crippen LogP contribution >= 0.6 is 0 Å². The minimum Gasteiger partial charge on any atom is -0.436 e. The molecule has 0 atom stereocenters. The predicted octanol–water partition coefficient (Wildman–Crippen LogP) is 5.13. The molecule has 0 bridgehead atoms. The van der Waals surface area contributed by atoms with Gasteiger partial charge in [0, 0.05) is 36.7 Å². The lowest BCUT2D eigenvalue weighted by Gasteiger charge is -2.28. The van der Waals surface area contributed by atoms with Crippen molar-refractivity contribution >= 4 is 17.4 Å². The number of aryl methyl sites for hydroxylation is 2. The Morgan fingerprint density at radius 3 is 2.30 bits per heavy atom. The molecular weight excluding hydrogens is 376 g/mol. The summed E-state index contributed by atoms with van der Waals surface area (Å²) in [4.78, 5) is 23.7. The molecule has 1 amide bonds. The predicted molar refractivity (Wildman–Crippen MR) is 118 cm³/mol. The summed E-state index contributed by atoms with van der Waals surface area (Å²) < 4.78 is 6.00. The van der Waals surface area contributed by atoms with Gasteiger partial charge in [-0.3, -0.25) is 4.79 Å². The maximum absolute atomic E-state index is 12.6. The van der Waals surface area contributed by atoms with Gasteiger partial charge in [0.1, 0.15) is 5.75 Å². The third kappa shape index (κ3) is 4.76. The van der Waals surface area contributed by atoms with Gasteiger partial charge >= 0.3 is 0 Å². The number of ether oxygens (including phenoxy) is 1. The van der Waals surface area contributed by atoms with Gasteiger partial charge in [0.15, 0.2) is 5.82 Å². The van der Waals surface area contributed by atoms with Crippen LogP contribution in [0.1, 0.15) is 40.7 Å². The van der Waals surface area contributed by atoms with E-state index >= 15 is 0 Å². The number of aromatic nitrogens is 2. The molecular formula is C24H26N4O2. The van der Waals surface area contributed by atoms with Crippen LogP contribution in [0.3, 0.4) is 0 Å². The summed E-state index contributed by atoms with van der Waals surface area (Å²) in [5.74, 6) is 1.73. The number of nitrogens with zero attached hydrogens (tertiary/aromatic N) is 3. The summed E-state index contributed by atoms with van der Waals surface area (Å²) in [5, 5.41) is 2.95. The van der Waals surface area contributed by atoms with E-state index in [1.165, 1.54) is 6.42 Å². The van der Waals surface area contributed by atoms with Crippen LogP contribution in [0.25, 0.3) is 0 Å². The third-order valence-electron chi connectivity index (χ3n) is 5.11. The molecule has 0 unspecified atom stereocenters. The normalized spacial score (nSPS) is 13.7. The SMILES string of the molecule is Cc1cc(C)cc(NC(=O)c2ccc(Oc3nccnc3N3CCCCC3)cc2)c1. The Bertz CT molecular complexity index is 1010. The molecule has 3 aromatic rings. The Hall–Kier alpha value is -3.41. The zero-order valence-electron chi connectivity index (χ0n) is 17.4. The van der Waals surface area contributed by atoms with E-state index in [0.717, 1.165) is 48.6 Å². The topological polar surface area (TPSA) is 67.3 Å². The second-order valence-corrected chi connectivity index (χ2v) is 7.69. The highest BCUT2D eigenvalue weighted by molar-refractivity contribution is 6.04. The van der Waals surface area contributed by atoms with Gasteiger partial charge in [-0.25, -0.2) is 9.97 Å². The van der Waals surface area contributed by atoms with E-state index in [2.05, 4.69) is 26.3 Å². The first-order chi connectivity index (χ1) is 14.6. The van der Waals surface area contributed by atoms with Crippen molar-refractivity contribution in [3.63, 3.8) is 0 Å². The molecule has 0 aliphatic carbocycles. The van der Waals surface area contributed by atoms with Crippen LogP contribution in [0.5, 0.6) is 11.6 Å². The minimum atomic E-state index is -0.153. The Kier molecular flexibility index (Phi) is 5.93. The molecule has 0 spiro atoms. The molecule has 2 aromatic carbocycles. The summed E-state index contributed by atoms with van der Waals surface area (Å²) in [5.41, 5.74) is 3.59. The van der Waals surface area contributed by atoms with Crippen LogP contribution in [0.15, 0.2) is 54.9 Å². The fourth-order valence-corrected chi connectivity index (χ4v) is 3.75. The van der Waals surface area contributed by atoms with Gasteiger partial charge in [-0.2, -0.15) is 0 Å². The highest BCUT2D eigenvalue weighted by Crippen LogP contribution is 2.30. The monoisotopic (exact) mass is 402 g/mol. The van der Waals surface area contributed by atoms with Crippen molar-refractivity contribution in [3.05, 3.63) is 71.5 Å². The minimum absolute atomic E-state index is 0.153. The smallest absolute Gasteiger partial charge is 0.263 e. The van der Waals surface area contributed by atoms with Gasteiger partial charge in [-0.05, 0) is 80.6 Å². The van der Waals surface area contributed by atoms with Crippen LogP contribution in [0.2, 0.25) is 0 Å². The second kappa shape index (κ2) is 8.95. The molecule has 1 aromatic heterocycles. The van der Waals surface area contributed by atoms with Crippen LogP contribution in [-0.2, 0) is 0 Å². The number of nitrogens with one attached hydrogen (secondary N) is 1. The summed E-state index contributed by atoms with van der Waals surface area (Å²) in [6, 6.07) is 13.1. The fourth-order valence-electron chi connectivity index (χ4n) is 3.75. The fraction of sp³-hybridized carbons (Fsp3) is 0.292. The highest BCUT2D eigenvalue weighted by atomic mass is 16.5. The third-order valence-corrected chi connectivity index (χ3v) is 5.11. The van der Waals surface area contributed by atoms with Crippen LogP contribution < -0.4 is 15.0 Å². The number of rotatable bonds is 5. The number of anilines is 2. The van der Waals surface area contributed by atoms with E-state index in [1.807, 2.05) is 26.0 Å². The molecule has 154 valence electrons. The van der Waals surface area contributed by atoms with Crippen LogP contribution in [-0.4, -0.2) is 29.0 Å². The molecule has 6 nitrogen and oxygen atoms in total.